The fourth-order valence-electron chi connectivity index (χ4n) is 4.74. The minimum atomic E-state index is -0.947. The molecule has 10 nitrogen and oxygen atoms in total. The first-order chi connectivity index (χ1) is 17.3. The van der Waals surface area contributed by atoms with E-state index >= 15 is 0 Å². The lowest BCUT2D eigenvalue weighted by atomic mass is 9.94. The Morgan fingerprint density at radius 3 is 2.58 bits per heavy atom. The molecule has 1 atom stereocenters. The summed E-state index contributed by atoms with van der Waals surface area (Å²) < 4.78 is 10.7. The third-order valence-corrected chi connectivity index (χ3v) is 6.58. The van der Waals surface area contributed by atoms with Crippen molar-refractivity contribution in [2.45, 2.75) is 19.4 Å². The molecule has 2 aliphatic rings. The molecule has 2 saturated heterocycles. The Balaban J connectivity index is 1.73. The van der Waals surface area contributed by atoms with Crippen molar-refractivity contribution >= 4 is 23.1 Å². The summed E-state index contributed by atoms with van der Waals surface area (Å²) in [6, 6.07) is 9.84. The second kappa shape index (κ2) is 10.9. The Kier molecular flexibility index (Phi) is 7.66. The highest BCUT2D eigenvalue weighted by Gasteiger charge is 2.46. The van der Waals surface area contributed by atoms with Crippen LogP contribution in [0.25, 0.3) is 5.76 Å². The first kappa shape index (κ1) is 25.3. The summed E-state index contributed by atoms with van der Waals surface area (Å²) in [4.78, 5) is 40.9. The van der Waals surface area contributed by atoms with Gasteiger partial charge in [0.2, 0.25) is 0 Å². The van der Waals surface area contributed by atoms with Gasteiger partial charge in [-0.15, -0.1) is 0 Å². The van der Waals surface area contributed by atoms with Gasteiger partial charge in [0.1, 0.15) is 11.5 Å². The maximum atomic E-state index is 13.2. The van der Waals surface area contributed by atoms with E-state index < -0.39 is 22.7 Å². The topological polar surface area (TPSA) is 122 Å². The van der Waals surface area contributed by atoms with Crippen LogP contribution in [-0.2, 0) is 14.3 Å². The van der Waals surface area contributed by atoms with Crippen molar-refractivity contribution in [3.63, 3.8) is 0 Å². The molecule has 2 aromatic carbocycles. The van der Waals surface area contributed by atoms with Crippen LogP contribution in [0.1, 0.15) is 29.2 Å². The number of hydrogen-bond acceptors (Lipinski definition) is 8. The molecule has 0 saturated carbocycles. The zero-order valence-electron chi connectivity index (χ0n) is 20.3. The lowest BCUT2D eigenvalue weighted by Crippen LogP contribution is -2.39. The van der Waals surface area contributed by atoms with E-state index in [2.05, 4.69) is 4.90 Å². The first-order valence-corrected chi connectivity index (χ1v) is 11.8. The highest BCUT2D eigenvalue weighted by molar-refractivity contribution is 6.46. The molecule has 10 heteroatoms. The highest BCUT2D eigenvalue weighted by atomic mass is 16.6. The number of ether oxygens (including phenoxy) is 2. The molecule has 0 bridgehead atoms. The molecule has 2 heterocycles. The number of amides is 1. The van der Waals surface area contributed by atoms with E-state index in [-0.39, 0.29) is 23.6 Å². The van der Waals surface area contributed by atoms with Crippen LogP contribution >= 0.6 is 0 Å². The number of morpholine rings is 1. The van der Waals surface area contributed by atoms with Gasteiger partial charge in [-0.3, -0.25) is 24.6 Å². The van der Waals surface area contributed by atoms with Crippen LogP contribution in [0.5, 0.6) is 5.75 Å². The number of aliphatic hydroxyl groups excluding tert-OH is 1. The van der Waals surface area contributed by atoms with Crippen molar-refractivity contribution in [1.82, 2.24) is 9.80 Å². The number of rotatable bonds is 8. The van der Waals surface area contributed by atoms with Crippen LogP contribution in [0, 0.1) is 17.0 Å². The van der Waals surface area contributed by atoms with Crippen LogP contribution in [-0.4, -0.2) is 78.0 Å². The summed E-state index contributed by atoms with van der Waals surface area (Å²) in [5.74, 6) is -1.26. The fraction of sp³-hybridized carbons (Fsp3) is 0.385. The Hall–Kier alpha value is -3.76. The van der Waals surface area contributed by atoms with Gasteiger partial charge in [-0.1, -0.05) is 12.1 Å². The Bertz CT molecular complexity index is 1200. The molecule has 190 valence electrons. The molecule has 0 aromatic heterocycles. The summed E-state index contributed by atoms with van der Waals surface area (Å²) in [5, 5.41) is 22.7. The number of benzene rings is 2. The van der Waals surface area contributed by atoms with Gasteiger partial charge in [-0.05, 0) is 42.7 Å². The van der Waals surface area contributed by atoms with E-state index in [0.29, 0.717) is 43.1 Å². The van der Waals surface area contributed by atoms with Crippen molar-refractivity contribution in [3.05, 3.63) is 74.8 Å². The normalized spacial score (nSPS) is 20.1. The van der Waals surface area contributed by atoms with Crippen molar-refractivity contribution in [2.24, 2.45) is 0 Å². The second-order valence-corrected chi connectivity index (χ2v) is 8.84. The number of aliphatic hydroxyl groups is 1. The second-order valence-electron chi connectivity index (χ2n) is 8.84. The Labute approximate surface area is 208 Å². The summed E-state index contributed by atoms with van der Waals surface area (Å²) in [5.41, 5.74) is 1.24. The van der Waals surface area contributed by atoms with Crippen LogP contribution < -0.4 is 4.74 Å². The molecule has 0 spiro atoms. The predicted octanol–water partition coefficient (Wildman–Crippen LogP) is 3.06. The molecule has 2 fully saturated rings. The number of nitro groups is 1. The Morgan fingerprint density at radius 1 is 1.17 bits per heavy atom. The van der Waals surface area contributed by atoms with Crippen molar-refractivity contribution < 1.29 is 29.1 Å². The molecular weight excluding hydrogens is 466 g/mol. The summed E-state index contributed by atoms with van der Waals surface area (Å²) >= 11 is 0. The van der Waals surface area contributed by atoms with Gasteiger partial charge in [0.05, 0.1) is 36.9 Å². The molecule has 2 aliphatic heterocycles. The van der Waals surface area contributed by atoms with Gasteiger partial charge < -0.3 is 19.5 Å². The maximum Gasteiger partial charge on any atom is 0.295 e. The number of Topliss-reactive ketones (excluding diaryl/α,β-unsaturated/α-hetero) is 1. The fourth-order valence-corrected chi connectivity index (χ4v) is 4.74. The van der Waals surface area contributed by atoms with Gasteiger partial charge >= 0.3 is 0 Å². The third-order valence-electron chi connectivity index (χ3n) is 6.58. The number of carbonyl (C=O) groups excluding carboxylic acids is 2. The minimum Gasteiger partial charge on any atom is -0.507 e. The van der Waals surface area contributed by atoms with Crippen LogP contribution in [0.2, 0.25) is 0 Å². The minimum absolute atomic E-state index is 0.0866. The van der Waals surface area contributed by atoms with E-state index in [9.17, 15) is 24.8 Å². The zero-order chi connectivity index (χ0) is 25.8. The summed E-state index contributed by atoms with van der Waals surface area (Å²) in [6.45, 7) is 5.67. The van der Waals surface area contributed by atoms with E-state index in [0.717, 1.165) is 18.7 Å². The van der Waals surface area contributed by atoms with E-state index in [1.165, 1.54) is 30.2 Å². The summed E-state index contributed by atoms with van der Waals surface area (Å²) in [7, 11) is 1.53. The molecule has 0 aliphatic carbocycles. The van der Waals surface area contributed by atoms with Gasteiger partial charge in [0, 0.05) is 43.9 Å². The number of methoxy groups -OCH3 is 1. The van der Waals surface area contributed by atoms with E-state index in [1.807, 2.05) is 0 Å². The number of carbonyl (C=O) groups is 2. The Morgan fingerprint density at radius 2 is 1.92 bits per heavy atom. The van der Waals surface area contributed by atoms with Crippen molar-refractivity contribution in [1.29, 1.82) is 0 Å². The highest BCUT2D eigenvalue weighted by Crippen LogP contribution is 2.40. The molecule has 1 amide bonds. The van der Waals surface area contributed by atoms with Crippen LogP contribution in [0.4, 0.5) is 5.69 Å². The molecule has 1 N–H and O–H groups in total. The number of aryl methyl sites for hydroxylation is 1. The summed E-state index contributed by atoms with van der Waals surface area (Å²) in [6.07, 6.45) is 0.597. The van der Waals surface area contributed by atoms with Crippen molar-refractivity contribution in [2.75, 3.05) is 46.5 Å². The third kappa shape index (κ3) is 5.09. The van der Waals surface area contributed by atoms with Crippen LogP contribution in [0.3, 0.4) is 0 Å². The van der Waals surface area contributed by atoms with Gasteiger partial charge in [-0.2, -0.15) is 0 Å². The molecular formula is C26H29N3O7. The molecule has 2 aromatic rings. The first-order valence-electron chi connectivity index (χ1n) is 11.8. The quantitative estimate of drug-likeness (QED) is 0.195. The molecule has 36 heavy (non-hydrogen) atoms. The molecule has 0 radical (unpaired) electrons. The SMILES string of the molecule is COc1ccc(C(O)=C2C(=O)C(=O)N(CCCN3CCOCC3)[C@H]2c2cccc([N+](=O)[O-])c2)cc1C. The zero-order valence-corrected chi connectivity index (χ0v) is 20.3. The maximum absolute atomic E-state index is 13.2. The smallest absolute Gasteiger partial charge is 0.295 e. The monoisotopic (exact) mass is 495 g/mol. The number of nitrogens with zero attached hydrogens (tertiary/aromatic N) is 3. The number of likely N-dealkylation sites (tertiary alicyclic amines) is 1. The number of non-ortho nitro benzene ring substituents is 1. The van der Waals surface area contributed by atoms with Crippen molar-refractivity contribution in [3.8, 4) is 5.75 Å². The largest absolute Gasteiger partial charge is 0.507 e. The predicted molar refractivity (Wildman–Crippen MR) is 132 cm³/mol. The van der Waals surface area contributed by atoms with E-state index in [4.69, 9.17) is 9.47 Å². The van der Waals surface area contributed by atoms with Gasteiger partial charge in [-0.25, -0.2) is 0 Å². The lowest BCUT2D eigenvalue weighted by molar-refractivity contribution is -0.384. The number of ketones is 1. The number of hydrogen-bond donors (Lipinski definition) is 1. The number of nitro benzene ring substituents is 1. The average molecular weight is 496 g/mol. The van der Waals surface area contributed by atoms with E-state index in [1.54, 1.807) is 31.2 Å². The van der Waals surface area contributed by atoms with Gasteiger partial charge in [0.25, 0.3) is 17.4 Å². The molecule has 4 rings (SSSR count). The average Bonchev–Trinajstić information content (AvgIpc) is 3.14. The standard InChI is InChI=1S/C26H29N3O7/c1-17-15-19(7-8-21(17)35-2)24(30)22-23(18-5-3-6-20(16-18)29(33)34)28(26(32)25(22)31)10-4-9-27-11-13-36-14-12-27/h3,5-8,15-16,23,30H,4,9-14H2,1-2H3/t23-/m0/s1. The lowest BCUT2D eigenvalue weighted by Gasteiger charge is -2.29. The van der Waals surface area contributed by atoms with Gasteiger partial charge in [0.15, 0.2) is 0 Å². The molecule has 0 unspecified atom stereocenters. The van der Waals surface area contributed by atoms with Crippen LogP contribution in [0.15, 0.2) is 48.0 Å².